The number of carbonyl (C=O) groups excluding carboxylic acids is 1. The number of amides is 1. The average Bonchev–Trinajstić information content (AvgIpc) is 3.14. The number of rotatable bonds is 4. The maximum atomic E-state index is 13.7. The zero-order chi connectivity index (χ0) is 24.7. The quantitative estimate of drug-likeness (QED) is 0.396. The van der Waals surface area contributed by atoms with E-state index >= 15 is 0 Å². The predicted octanol–water partition coefficient (Wildman–Crippen LogP) is 3.72. The highest BCUT2D eigenvalue weighted by Gasteiger charge is 2.36. The second-order valence-corrected chi connectivity index (χ2v) is 10.6. The van der Waals surface area contributed by atoms with Crippen LogP contribution >= 0.6 is 24.0 Å². The second kappa shape index (κ2) is 9.56. The number of fused-ring (bicyclic) bond motifs is 1. The van der Waals surface area contributed by atoms with E-state index in [1.807, 2.05) is 56.3 Å². The molecule has 2 saturated heterocycles. The van der Waals surface area contributed by atoms with Crippen LogP contribution in [-0.4, -0.2) is 62.6 Å². The van der Waals surface area contributed by atoms with Crippen LogP contribution in [0, 0.1) is 6.92 Å². The summed E-state index contributed by atoms with van der Waals surface area (Å²) >= 11 is 6.84. The van der Waals surface area contributed by atoms with Gasteiger partial charge in [0, 0.05) is 32.4 Å². The number of carbonyl (C=O) groups is 1. The molecule has 180 valence electrons. The Morgan fingerprint density at radius 3 is 2.49 bits per heavy atom. The van der Waals surface area contributed by atoms with Crippen molar-refractivity contribution in [2.75, 3.05) is 38.1 Å². The van der Waals surface area contributed by atoms with Crippen LogP contribution in [0.4, 0.5) is 5.82 Å². The van der Waals surface area contributed by atoms with Crippen molar-refractivity contribution in [1.29, 1.82) is 0 Å². The Morgan fingerprint density at radius 2 is 1.77 bits per heavy atom. The number of nitrogens with zero attached hydrogens (tertiary/aromatic N) is 5. The highest BCUT2D eigenvalue weighted by Crippen LogP contribution is 2.38. The van der Waals surface area contributed by atoms with Gasteiger partial charge in [0.05, 0.1) is 16.5 Å². The molecule has 1 aromatic carbocycles. The Labute approximate surface area is 214 Å². The minimum absolute atomic E-state index is 0.186. The molecular formula is C26H27N5O2S2. The van der Waals surface area contributed by atoms with Crippen molar-refractivity contribution in [2.45, 2.75) is 19.9 Å². The molecule has 1 amide bonds. The summed E-state index contributed by atoms with van der Waals surface area (Å²) in [6, 6.07) is 13.4. The lowest BCUT2D eigenvalue weighted by Gasteiger charge is -2.34. The number of likely N-dealkylation sites (N-methyl/N-ethyl adjacent to an activating group) is 1. The summed E-state index contributed by atoms with van der Waals surface area (Å²) in [5, 5.41) is 0. The summed E-state index contributed by atoms with van der Waals surface area (Å²) < 4.78 is 2.05. The summed E-state index contributed by atoms with van der Waals surface area (Å²) in [6.07, 6.45) is 3.42. The summed E-state index contributed by atoms with van der Waals surface area (Å²) in [5.41, 5.74) is 2.80. The molecule has 2 aliphatic heterocycles. The van der Waals surface area contributed by atoms with Crippen LogP contribution in [0.5, 0.6) is 0 Å². The van der Waals surface area contributed by atoms with E-state index in [1.54, 1.807) is 21.6 Å². The van der Waals surface area contributed by atoms with E-state index in [1.165, 1.54) is 11.8 Å². The van der Waals surface area contributed by atoms with E-state index in [0.717, 1.165) is 37.3 Å². The first-order valence-electron chi connectivity index (χ1n) is 11.6. The maximum absolute atomic E-state index is 13.7. The highest BCUT2D eigenvalue weighted by atomic mass is 32.2. The summed E-state index contributed by atoms with van der Waals surface area (Å²) in [4.78, 5) is 38.6. The van der Waals surface area contributed by atoms with Gasteiger partial charge in [0.15, 0.2) is 0 Å². The number of pyridine rings is 1. The lowest BCUT2D eigenvalue weighted by molar-refractivity contribution is -0.123. The number of anilines is 1. The number of thiocarbonyl (C=S) groups is 1. The Kier molecular flexibility index (Phi) is 6.48. The zero-order valence-electron chi connectivity index (χ0n) is 20.0. The molecule has 9 heteroatoms. The van der Waals surface area contributed by atoms with Gasteiger partial charge in [-0.3, -0.25) is 18.9 Å². The van der Waals surface area contributed by atoms with Gasteiger partial charge >= 0.3 is 0 Å². The summed E-state index contributed by atoms with van der Waals surface area (Å²) in [6.45, 7) is 7.20. The molecule has 2 aliphatic rings. The van der Waals surface area contributed by atoms with E-state index in [2.05, 4.69) is 16.8 Å². The topological polar surface area (TPSA) is 61.2 Å². The Bertz CT molecular complexity index is 1390. The number of thioether (sulfide) groups is 1. The van der Waals surface area contributed by atoms with Gasteiger partial charge in [0.25, 0.3) is 11.5 Å². The average molecular weight is 506 g/mol. The molecule has 1 atom stereocenters. The highest BCUT2D eigenvalue weighted by molar-refractivity contribution is 8.26. The molecule has 5 rings (SSSR count). The van der Waals surface area contributed by atoms with E-state index in [-0.39, 0.29) is 17.5 Å². The van der Waals surface area contributed by atoms with Gasteiger partial charge in [-0.2, -0.15) is 0 Å². The molecule has 4 heterocycles. The van der Waals surface area contributed by atoms with Crippen LogP contribution < -0.4 is 10.5 Å². The Morgan fingerprint density at radius 1 is 1.06 bits per heavy atom. The first kappa shape index (κ1) is 23.7. The van der Waals surface area contributed by atoms with Gasteiger partial charge in [-0.1, -0.05) is 60.4 Å². The Hall–Kier alpha value is -3.01. The van der Waals surface area contributed by atoms with E-state index < -0.39 is 0 Å². The smallest absolute Gasteiger partial charge is 0.267 e. The van der Waals surface area contributed by atoms with E-state index in [9.17, 15) is 9.59 Å². The molecule has 0 radical (unpaired) electrons. The molecule has 0 N–H and O–H groups in total. The first-order chi connectivity index (χ1) is 16.8. The predicted molar refractivity (Wildman–Crippen MR) is 146 cm³/mol. The van der Waals surface area contributed by atoms with Crippen LogP contribution in [0.15, 0.2) is 58.4 Å². The molecule has 7 nitrogen and oxygen atoms in total. The molecule has 3 aromatic rings. The van der Waals surface area contributed by atoms with Gasteiger partial charge in [0.1, 0.15) is 15.8 Å². The molecule has 35 heavy (non-hydrogen) atoms. The molecule has 0 bridgehead atoms. The minimum atomic E-state index is -0.204. The molecule has 2 fully saturated rings. The fourth-order valence-corrected chi connectivity index (χ4v) is 5.91. The third-order valence-corrected chi connectivity index (χ3v) is 7.97. The second-order valence-electron chi connectivity index (χ2n) is 8.97. The molecule has 0 spiro atoms. The van der Waals surface area contributed by atoms with Crippen LogP contribution in [0.3, 0.4) is 0 Å². The number of aromatic nitrogens is 2. The van der Waals surface area contributed by atoms with E-state index in [0.29, 0.717) is 26.3 Å². The SMILES string of the molecule is Cc1cccn2c(=O)c(/C=C3\SC(=S)N([C@@H](C)c4ccccc4)C3=O)c(N3CCN(C)CC3)nc12. The van der Waals surface area contributed by atoms with Gasteiger partial charge in [-0.05, 0) is 44.2 Å². The summed E-state index contributed by atoms with van der Waals surface area (Å²) in [5.74, 6) is 0.438. The van der Waals surface area contributed by atoms with Crippen molar-refractivity contribution >= 4 is 51.7 Å². The minimum Gasteiger partial charge on any atom is -0.353 e. The third kappa shape index (κ3) is 4.39. The van der Waals surface area contributed by atoms with Crippen LogP contribution in [0.2, 0.25) is 0 Å². The van der Waals surface area contributed by atoms with Crippen molar-refractivity contribution < 1.29 is 4.79 Å². The number of piperazine rings is 1. The molecule has 0 saturated carbocycles. The first-order valence-corrected chi connectivity index (χ1v) is 12.8. The maximum Gasteiger partial charge on any atom is 0.267 e. The monoisotopic (exact) mass is 505 g/mol. The molecular weight excluding hydrogens is 478 g/mol. The fourth-order valence-electron chi connectivity index (χ4n) is 4.51. The molecule has 0 unspecified atom stereocenters. The molecule has 0 aliphatic carbocycles. The summed E-state index contributed by atoms with van der Waals surface area (Å²) in [7, 11) is 2.09. The number of aryl methyl sites for hydroxylation is 1. The number of hydrogen-bond donors (Lipinski definition) is 0. The zero-order valence-corrected chi connectivity index (χ0v) is 21.6. The van der Waals surface area contributed by atoms with Gasteiger partial charge < -0.3 is 9.80 Å². The van der Waals surface area contributed by atoms with Crippen LogP contribution in [0.1, 0.15) is 29.7 Å². The normalized spacial score (nSPS) is 19.2. The largest absolute Gasteiger partial charge is 0.353 e. The van der Waals surface area contributed by atoms with Crippen molar-refractivity contribution in [3.63, 3.8) is 0 Å². The molecule has 2 aromatic heterocycles. The number of hydrogen-bond acceptors (Lipinski definition) is 7. The van der Waals surface area contributed by atoms with Crippen molar-refractivity contribution in [3.05, 3.63) is 80.6 Å². The van der Waals surface area contributed by atoms with Crippen molar-refractivity contribution in [1.82, 2.24) is 19.2 Å². The third-order valence-electron chi connectivity index (χ3n) is 6.64. The standard InChI is InChI=1S/C26H27N5O2S2/c1-17-8-7-11-30-22(17)27-23(29-14-12-28(3)13-15-29)20(24(30)32)16-21-25(33)31(26(34)35-21)18(2)19-9-5-4-6-10-19/h4-11,16,18H,12-15H2,1-3H3/b21-16-/t18-/m0/s1. The van der Waals surface area contributed by atoms with Crippen molar-refractivity contribution in [3.8, 4) is 0 Å². The van der Waals surface area contributed by atoms with Gasteiger partial charge in [-0.25, -0.2) is 4.98 Å². The lowest BCUT2D eigenvalue weighted by Crippen LogP contribution is -2.45. The van der Waals surface area contributed by atoms with E-state index in [4.69, 9.17) is 17.2 Å². The van der Waals surface area contributed by atoms with Crippen molar-refractivity contribution in [2.24, 2.45) is 0 Å². The fraction of sp³-hybridized carbons (Fsp3) is 0.308. The van der Waals surface area contributed by atoms with Gasteiger partial charge in [-0.15, -0.1) is 0 Å². The van der Waals surface area contributed by atoms with Crippen LogP contribution in [-0.2, 0) is 4.79 Å². The number of benzene rings is 1. The van der Waals surface area contributed by atoms with Crippen LogP contribution in [0.25, 0.3) is 11.7 Å². The Balaban J connectivity index is 1.60. The van der Waals surface area contributed by atoms with Gasteiger partial charge in [0.2, 0.25) is 0 Å². The lowest BCUT2D eigenvalue weighted by atomic mass is 10.1.